The fourth-order valence-corrected chi connectivity index (χ4v) is 2.24. The largest absolute Gasteiger partial charge is 0.465 e. The van der Waals surface area contributed by atoms with Gasteiger partial charge in [-0.3, -0.25) is 34.7 Å². The molecule has 1 aromatic carbocycles. The Balaban J connectivity index is 2.67. The molecule has 24 heavy (non-hydrogen) atoms. The minimum absolute atomic E-state index is 0.0248. The zero-order valence-electron chi connectivity index (χ0n) is 12.2. The van der Waals surface area contributed by atoms with E-state index in [9.17, 15) is 29.8 Å². The predicted octanol–water partition coefficient (Wildman–Crippen LogP) is 0.591. The van der Waals surface area contributed by atoms with Crippen molar-refractivity contribution in [1.29, 1.82) is 0 Å². The number of fused-ring (bicyclic) bond motifs is 1. The molecule has 0 saturated carbocycles. The number of hydrogen-bond donors (Lipinski definition) is 1. The summed E-state index contributed by atoms with van der Waals surface area (Å²) in [6.45, 7) is 0.887. The quantitative estimate of drug-likeness (QED) is 0.352. The lowest BCUT2D eigenvalue weighted by atomic mass is 10.1. The van der Waals surface area contributed by atoms with Gasteiger partial charge >= 0.3 is 11.7 Å². The van der Waals surface area contributed by atoms with Crippen molar-refractivity contribution in [3.63, 3.8) is 0 Å². The van der Waals surface area contributed by atoms with Crippen molar-refractivity contribution in [3.8, 4) is 0 Å². The van der Waals surface area contributed by atoms with Gasteiger partial charge in [-0.1, -0.05) is 5.16 Å². The highest BCUT2D eigenvalue weighted by Crippen LogP contribution is 2.40. The number of rotatable bonds is 5. The molecule has 1 aromatic rings. The molecule has 12 nitrogen and oxygen atoms in total. The van der Waals surface area contributed by atoms with Crippen LogP contribution in [0.2, 0.25) is 0 Å². The molecule has 0 fully saturated rings. The van der Waals surface area contributed by atoms with Crippen LogP contribution in [-0.2, 0) is 14.3 Å². The molecule has 0 bridgehead atoms. The first kappa shape index (κ1) is 16.8. The molecule has 0 saturated heterocycles. The van der Waals surface area contributed by atoms with E-state index in [0.29, 0.717) is 11.0 Å². The van der Waals surface area contributed by atoms with Gasteiger partial charge in [0.05, 0.1) is 22.5 Å². The summed E-state index contributed by atoms with van der Waals surface area (Å²) < 4.78 is 4.69. The van der Waals surface area contributed by atoms with Gasteiger partial charge in [0.1, 0.15) is 12.2 Å². The highest BCUT2D eigenvalue weighted by Gasteiger charge is 2.43. The summed E-state index contributed by atoms with van der Waals surface area (Å²) in [4.78, 5) is 44.8. The van der Waals surface area contributed by atoms with Crippen LogP contribution in [0.4, 0.5) is 17.1 Å². The fourth-order valence-electron chi connectivity index (χ4n) is 2.24. The Morgan fingerprint density at radius 2 is 2.00 bits per heavy atom. The second-order valence-electron chi connectivity index (χ2n) is 4.52. The van der Waals surface area contributed by atoms with Gasteiger partial charge in [-0.2, -0.15) is 0 Å². The van der Waals surface area contributed by atoms with Crippen molar-refractivity contribution < 1.29 is 29.4 Å². The van der Waals surface area contributed by atoms with Crippen LogP contribution in [-0.4, -0.2) is 45.8 Å². The van der Waals surface area contributed by atoms with E-state index in [0.717, 1.165) is 6.07 Å². The number of benzene rings is 1. The van der Waals surface area contributed by atoms with Crippen molar-refractivity contribution in [2.24, 2.45) is 5.16 Å². The van der Waals surface area contributed by atoms with Gasteiger partial charge in [-0.15, -0.1) is 0 Å². The lowest BCUT2D eigenvalue weighted by molar-refractivity contribution is -0.393. The maximum atomic E-state index is 12.2. The molecule has 1 aliphatic rings. The number of ether oxygens (including phenoxy) is 1. The third kappa shape index (κ3) is 2.71. The molecule has 0 spiro atoms. The number of anilines is 1. The number of nitro groups is 2. The van der Waals surface area contributed by atoms with E-state index in [1.165, 1.54) is 6.92 Å². The predicted molar refractivity (Wildman–Crippen MR) is 77.1 cm³/mol. The molecular weight excluding hydrogens is 328 g/mol. The van der Waals surface area contributed by atoms with Gasteiger partial charge in [0.15, 0.2) is 5.71 Å². The fraction of sp³-hybridized carbons (Fsp3) is 0.250. The number of esters is 1. The number of carbonyl (C=O) groups excluding carboxylic acids is 2. The van der Waals surface area contributed by atoms with Crippen molar-refractivity contribution >= 4 is 34.7 Å². The van der Waals surface area contributed by atoms with Crippen LogP contribution >= 0.6 is 0 Å². The van der Waals surface area contributed by atoms with Crippen molar-refractivity contribution in [2.75, 3.05) is 18.1 Å². The second-order valence-corrected chi connectivity index (χ2v) is 4.52. The van der Waals surface area contributed by atoms with E-state index < -0.39 is 45.4 Å². The van der Waals surface area contributed by atoms with Crippen LogP contribution in [0.15, 0.2) is 17.3 Å². The van der Waals surface area contributed by atoms with Gasteiger partial charge in [0, 0.05) is 11.6 Å². The minimum Gasteiger partial charge on any atom is -0.465 e. The molecule has 0 radical (unpaired) electrons. The first-order chi connectivity index (χ1) is 11.3. The summed E-state index contributed by atoms with van der Waals surface area (Å²) in [6.07, 6.45) is 0. The molecule has 1 heterocycles. The molecule has 0 unspecified atom stereocenters. The Labute approximate surface area is 133 Å². The number of hydrogen-bond acceptors (Lipinski definition) is 9. The molecule has 0 aromatic heterocycles. The Hall–Kier alpha value is -3.57. The maximum Gasteiger partial charge on any atom is 0.326 e. The molecule has 2 rings (SSSR count). The first-order valence-electron chi connectivity index (χ1n) is 6.48. The monoisotopic (exact) mass is 338 g/mol. The first-order valence-corrected chi connectivity index (χ1v) is 6.48. The Morgan fingerprint density at radius 3 is 2.50 bits per heavy atom. The zero-order chi connectivity index (χ0) is 18.0. The van der Waals surface area contributed by atoms with Crippen LogP contribution < -0.4 is 4.90 Å². The van der Waals surface area contributed by atoms with Gasteiger partial charge in [-0.25, -0.2) is 0 Å². The van der Waals surface area contributed by atoms with Crippen LogP contribution in [0.25, 0.3) is 0 Å². The Bertz CT molecular complexity index is 788. The normalized spacial score (nSPS) is 14.6. The van der Waals surface area contributed by atoms with Crippen molar-refractivity contribution in [2.45, 2.75) is 6.92 Å². The molecule has 0 aliphatic carbocycles. The lowest BCUT2D eigenvalue weighted by Crippen LogP contribution is -2.36. The number of nitrogens with zero attached hydrogens (tertiary/aromatic N) is 4. The van der Waals surface area contributed by atoms with Crippen molar-refractivity contribution in [1.82, 2.24) is 0 Å². The van der Waals surface area contributed by atoms with Gasteiger partial charge in [-0.05, 0) is 6.92 Å². The molecule has 126 valence electrons. The van der Waals surface area contributed by atoms with E-state index in [1.807, 2.05) is 0 Å². The van der Waals surface area contributed by atoms with Crippen LogP contribution in [0, 0.1) is 20.2 Å². The average Bonchev–Trinajstić information content (AvgIpc) is 2.78. The second kappa shape index (κ2) is 6.28. The molecular formula is C12H10N4O8. The zero-order valence-corrected chi connectivity index (χ0v) is 12.2. The molecule has 12 heteroatoms. The van der Waals surface area contributed by atoms with Crippen molar-refractivity contribution in [3.05, 3.63) is 37.9 Å². The molecule has 1 amide bonds. The summed E-state index contributed by atoms with van der Waals surface area (Å²) in [6, 6.07) is 1.52. The van der Waals surface area contributed by atoms with Gasteiger partial charge in [0.2, 0.25) is 0 Å². The lowest BCUT2D eigenvalue weighted by Gasteiger charge is -2.15. The smallest absolute Gasteiger partial charge is 0.326 e. The van der Waals surface area contributed by atoms with E-state index in [1.54, 1.807) is 0 Å². The summed E-state index contributed by atoms with van der Waals surface area (Å²) >= 11 is 0. The topological polar surface area (TPSA) is 165 Å². The van der Waals surface area contributed by atoms with E-state index >= 15 is 0 Å². The number of carbonyl (C=O) groups is 2. The SMILES string of the molecule is CCOC(=O)CN1C(=O)C(=NO)c2cc([N+](=O)[O-])cc([N+](=O)[O-])c21. The number of oxime groups is 1. The Morgan fingerprint density at radius 1 is 1.33 bits per heavy atom. The van der Waals surface area contributed by atoms with E-state index in [2.05, 4.69) is 9.89 Å². The number of amides is 1. The third-order valence-electron chi connectivity index (χ3n) is 3.15. The summed E-state index contributed by atoms with van der Waals surface area (Å²) in [7, 11) is 0. The van der Waals surface area contributed by atoms with Crippen LogP contribution in [0.1, 0.15) is 12.5 Å². The molecule has 1 N–H and O–H groups in total. The van der Waals surface area contributed by atoms with E-state index in [-0.39, 0.29) is 17.9 Å². The highest BCUT2D eigenvalue weighted by atomic mass is 16.6. The standard InChI is InChI=1S/C12H10N4O8/c1-2-24-9(17)5-14-11-7(10(13-19)12(14)18)3-6(15(20)21)4-8(11)16(22)23/h3-4,19H,2,5H2,1H3. The van der Waals surface area contributed by atoms with Gasteiger partial charge < -0.3 is 9.94 Å². The summed E-state index contributed by atoms with van der Waals surface area (Å²) in [5, 5.41) is 33.8. The maximum absolute atomic E-state index is 12.2. The molecule has 1 aliphatic heterocycles. The highest BCUT2D eigenvalue weighted by molar-refractivity contribution is 6.55. The third-order valence-corrected chi connectivity index (χ3v) is 3.15. The number of nitro benzene ring substituents is 2. The summed E-state index contributed by atoms with van der Waals surface area (Å²) in [5.74, 6) is -1.85. The Kier molecular flexibility index (Phi) is 4.39. The van der Waals surface area contributed by atoms with Crippen LogP contribution in [0.3, 0.4) is 0 Å². The van der Waals surface area contributed by atoms with E-state index in [4.69, 9.17) is 5.21 Å². The van der Waals surface area contributed by atoms with Crippen LogP contribution in [0.5, 0.6) is 0 Å². The average molecular weight is 338 g/mol. The minimum atomic E-state index is -1.01. The summed E-state index contributed by atoms with van der Waals surface area (Å²) in [5.41, 5.74) is -2.74. The van der Waals surface area contributed by atoms with Gasteiger partial charge in [0.25, 0.3) is 11.6 Å². The molecule has 0 atom stereocenters. The number of non-ortho nitro benzene ring substituents is 1.